The van der Waals surface area contributed by atoms with E-state index in [2.05, 4.69) is 5.32 Å². The molecule has 0 saturated heterocycles. The minimum absolute atomic E-state index is 0.104. The number of rotatable bonds is 5. The van der Waals surface area contributed by atoms with Crippen LogP contribution in [0.5, 0.6) is 5.75 Å². The van der Waals surface area contributed by atoms with Crippen molar-refractivity contribution in [2.45, 2.75) is 6.54 Å². The first-order chi connectivity index (χ1) is 10.0. The number of halogens is 2. The first kappa shape index (κ1) is 15.2. The molecule has 2 aromatic carbocycles. The molecule has 2 rings (SSSR count). The maximum Gasteiger partial charge on any atom is 0.128 e. The molecule has 0 fully saturated rings. The average molecular weight is 308 g/mol. The molecule has 0 aromatic heterocycles. The van der Waals surface area contributed by atoms with Crippen LogP contribution >= 0.6 is 12.2 Å². The zero-order valence-corrected chi connectivity index (χ0v) is 12.1. The normalized spacial score (nSPS) is 10.2. The summed E-state index contributed by atoms with van der Waals surface area (Å²) >= 11 is 4.97. The molecule has 0 aliphatic rings. The highest BCUT2D eigenvalue weighted by Crippen LogP contribution is 2.23. The lowest BCUT2D eigenvalue weighted by Gasteiger charge is -2.13. The molecule has 0 unspecified atom stereocenters. The van der Waals surface area contributed by atoms with E-state index in [0.717, 1.165) is 18.2 Å². The van der Waals surface area contributed by atoms with Gasteiger partial charge in [-0.3, -0.25) is 0 Å². The maximum absolute atomic E-state index is 13.6. The first-order valence-electron chi connectivity index (χ1n) is 6.17. The summed E-state index contributed by atoms with van der Waals surface area (Å²) in [6, 6.07) is 8.44. The van der Waals surface area contributed by atoms with Gasteiger partial charge in [0.15, 0.2) is 0 Å². The minimum atomic E-state index is -0.492. The summed E-state index contributed by atoms with van der Waals surface area (Å²) in [6.07, 6.45) is 0. The van der Waals surface area contributed by atoms with Crippen molar-refractivity contribution in [3.05, 3.63) is 59.2 Å². The van der Waals surface area contributed by atoms with E-state index >= 15 is 0 Å². The summed E-state index contributed by atoms with van der Waals surface area (Å²) in [7, 11) is 1.53. The molecule has 0 heterocycles. The van der Waals surface area contributed by atoms with Crippen LogP contribution < -0.4 is 15.8 Å². The van der Waals surface area contributed by atoms with E-state index < -0.39 is 11.6 Å². The summed E-state index contributed by atoms with van der Waals surface area (Å²) in [6.45, 7) is 0.104. The van der Waals surface area contributed by atoms with Crippen LogP contribution in [-0.4, -0.2) is 12.1 Å². The van der Waals surface area contributed by atoms with Gasteiger partial charge in [0.05, 0.1) is 7.11 Å². The quantitative estimate of drug-likeness (QED) is 0.833. The van der Waals surface area contributed by atoms with E-state index in [4.69, 9.17) is 22.7 Å². The Hall–Kier alpha value is -2.21. The Labute approximate surface area is 126 Å². The number of benzene rings is 2. The first-order valence-corrected chi connectivity index (χ1v) is 6.57. The number of methoxy groups -OCH3 is 1. The Morgan fingerprint density at radius 3 is 2.67 bits per heavy atom. The van der Waals surface area contributed by atoms with E-state index in [-0.39, 0.29) is 17.1 Å². The fraction of sp³-hybridized carbons (Fsp3) is 0.133. The summed E-state index contributed by atoms with van der Waals surface area (Å²) in [5.41, 5.74) is 7.08. The van der Waals surface area contributed by atoms with Crippen molar-refractivity contribution in [1.82, 2.24) is 0 Å². The molecule has 0 atom stereocenters. The molecule has 0 aliphatic carbocycles. The molecule has 0 spiro atoms. The van der Waals surface area contributed by atoms with E-state index in [9.17, 15) is 8.78 Å². The van der Waals surface area contributed by atoms with E-state index in [1.807, 2.05) is 0 Å². The van der Waals surface area contributed by atoms with Gasteiger partial charge in [-0.2, -0.15) is 0 Å². The SMILES string of the molecule is COc1ccc(C(N)=S)c(NCc2cc(F)ccc2F)c1. The minimum Gasteiger partial charge on any atom is -0.497 e. The summed E-state index contributed by atoms with van der Waals surface area (Å²) in [5.74, 6) is -0.366. The van der Waals surface area contributed by atoms with Crippen molar-refractivity contribution in [2.24, 2.45) is 5.73 Å². The monoisotopic (exact) mass is 308 g/mol. The molecule has 0 amide bonds. The second-order valence-corrected chi connectivity index (χ2v) is 4.80. The van der Waals surface area contributed by atoms with Crippen LogP contribution in [-0.2, 0) is 6.54 Å². The molecule has 0 radical (unpaired) electrons. The molecule has 2 aromatic rings. The Kier molecular flexibility index (Phi) is 4.70. The van der Waals surface area contributed by atoms with Crippen LogP contribution in [0.15, 0.2) is 36.4 Å². The summed E-state index contributed by atoms with van der Waals surface area (Å²) < 4.78 is 31.9. The zero-order valence-electron chi connectivity index (χ0n) is 11.3. The highest BCUT2D eigenvalue weighted by Gasteiger charge is 2.09. The fourth-order valence-corrected chi connectivity index (χ4v) is 2.06. The van der Waals surface area contributed by atoms with Crippen LogP contribution in [0.2, 0.25) is 0 Å². The van der Waals surface area contributed by atoms with Crippen LogP contribution in [0.25, 0.3) is 0 Å². The molecular weight excluding hydrogens is 294 g/mol. The van der Waals surface area contributed by atoms with E-state index in [1.165, 1.54) is 7.11 Å². The van der Waals surface area contributed by atoms with Gasteiger partial charge in [-0.1, -0.05) is 12.2 Å². The molecule has 0 aliphatic heterocycles. The number of hydrogen-bond donors (Lipinski definition) is 2. The number of hydrogen-bond acceptors (Lipinski definition) is 3. The van der Waals surface area contributed by atoms with Gasteiger partial charge in [0.1, 0.15) is 22.4 Å². The Morgan fingerprint density at radius 2 is 2.00 bits per heavy atom. The predicted molar refractivity (Wildman–Crippen MR) is 82.6 cm³/mol. The van der Waals surface area contributed by atoms with Crippen molar-refractivity contribution >= 4 is 22.9 Å². The van der Waals surface area contributed by atoms with Gasteiger partial charge in [0.25, 0.3) is 0 Å². The lowest BCUT2D eigenvalue weighted by Crippen LogP contribution is -2.13. The van der Waals surface area contributed by atoms with Crippen molar-refractivity contribution in [3.63, 3.8) is 0 Å². The van der Waals surface area contributed by atoms with Gasteiger partial charge < -0.3 is 15.8 Å². The third-order valence-electron chi connectivity index (χ3n) is 2.97. The number of nitrogens with two attached hydrogens (primary N) is 1. The molecule has 0 bridgehead atoms. The summed E-state index contributed by atoms with van der Waals surface area (Å²) in [5, 5.41) is 3.00. The molecular formula is C15H14F2N2OS. The standard InChI is InChI=1S/C15H14F2N2OS/c1-20-11-3-4-12(15(18)21)14(7-11)19-8-9-6-10(16)2-5-13(9)17/h2-7,19H,8H2,1H3,(H2,18,21). The van der Waals surface area contributed by atoms with Crippen molar-refractivity contribution in [3.8, 4) is 5.75 Å². The van der Waals surface area contributed by atoms with Crippen LogP contribution in [0.1, 0.15) is 11.1 Å². The third kappa shape index (κ3) is 3.66. The van der Waals surface area contributed by atoms with Gasteiger partial charge in [-0.15, -0.1) is 0 Å². The van der Waals surface area contributed by atoms with Crippen molar-refractivity contribution in [2.75, 3.05) is 12.4 Å². The fourth-order valence-electron chi connectivity index (χ4n) is 1.88. The van der Waals surface area contributed by atoms with E-state index in [0.29, 0.717) is 17.0 Å². The molecule has 3 nitrogen and oxygen atoms in total. The Morgan fingerprint density at radius 1 is 1.24 bits per heavy atom. The van der Waals surface area contributed by atoms with Gasteiger partial charge in [0, 0.05) is 29.4 Å². The average Bonchev–Trinajstić information content (AvgIpc) is 2.47. The van der Waals surface area contributed by atoms with Gasteiger partial charge in [0.2, 0.25) is 0 Å². The van der Waals surface area contributed by atoms with Gasteiger partial charge in [-0.25, -0.2) is 8.78 Å². The molecule has 6 heteroatoms. The van der Waals surface area contributed by atoms with Crippen molar-refractivity contribution < 1.29 is 13.5 Å². The highest BCUT2D eigenvalue weighted by atomic mass is 32.1. The van der Waals surface area contributed by atoms with Crippen LogP contribution in [0, 0.1) is 11.6 Å². The molecule has 0 saturated carbocycles. The lowest BCUT2D eigenvalue weighted by molar-refractivity contribution is 0.415. The molecule has 110 valence electrons. The second kappa shape index (κ2) is 6.49. The number of ether oxygens (including phenoxy) is 1. The van der Waals surface area contributed by atoms with Crippen LogP contribution in [0.4, 0.5) is 14.5 Å². The van der Waals surface area contributed by atoms with Gasteiger partial charge >= 0.3 is 0 Å². The predicted octanol–water partition coefficient (Wildman–Crippen LogP) is 3.22. The number of nitrogens with one attached hydrogen (secondary N) is 1. The smallest absolute Gasteiger partial charge is 0.128 e. The van der Waals surface area contributed by atoms with Gasteiger partial charge in [-0.05, 0) is 30.3 Å². The largest absolute Gasteiger partial charge is 0.497 e. The third-order valence-corrected chi connectivity index (χ3v) is 3.19. The molecule has 3 N–H and O–H groups in total. The maximum atomic E-state index is 13.6. The second-order valence-electron chi connectivity index (χ2n) is 4.37. The van der Waals surface area contributed by atoms with E-state index in [1.54, 1.807) is 18.2 Å². The highest BCUT2D eigenvalue weighted by molar-refractivity contribution is 7.80. The Balaban J connectivity index is 2.26. The van der Waals surface area contributed by atoms with Crippen molar-refractivity contribution in [1.29, 1.82) is 0 Å². The summed E-state index contributed by atoms with van der Waals surface area (Å²) in [4.78, 5) is 0.208. The topological polar surface area (TPSA) is 47.3 Å². The van der Waals surface area contributed by atoms with Crippen LogP contribution in [0.3, 0.4) is 0 Å². The zero-order chi connectivity index (χ0) is 15.4. The number of anilines is 1. The Bertz CT molecular complexity index is 677. The lowest BCUT2D eigenvalue weighted by atomic mass is 10.1. The number of thiocarbonyl (C=S) groups is 1. The molecule has 21 heavy (non-hydrogen) atoms.